The maximum absolute atomic E-state index is 15.1. The molecular weight excluding hydrogens is 437 g/mol. The van der Waals surface area contributed by atoms with Crippen molar-refractivity contribution in [1.29, 1.82) is 0 Å². The summed E-state index contributed by atoms with van der Waals surface area (Å²) in [6.07, 6.45) is 4.11. The van der Waals surface area contributed by atoms with Gasteiger partial charge in [-0.1, -0.05) is 35.4 Å². The minimum atomic E-state index is -0.234. The van der Waals surface area contributed by atoms with E-state index in [-0.39, 0.29) is 5.82 Å². The topological polar surface area (TPSA) is 30.5 Å². The van der Waals surface area contributed by atoms with Gasteiger partial charge in [0.25, 0.3) is 0 Å². The van der Waals surface area contributed by atoms with Crippen molar-refractivity contribution in [3.8, 4) is 33.8 Å². The molecule has 1 N–H and O–H groups in total. The largest absolute Gasteiger partial charge is 0.493 e. The third-order valence-corrected chi connectivity index (χ3v) is 5.85. The first kappa shape index (κ1) is 26.1. The van der Waals surface area contributed by atoms with Crippen LogP contribution in [0.5, 0.6) is 11.5 Å². The molecule has 3 nitrogen and oxygen atoms in total. The van der Waals surface area contributed by atoms with Crippen LogP contribution in [-0.2, 0) is 0 Å². The standard InChI is InChI=1S/C31H36FNO2/c1-20(2)12-14-33-25-9-10-26(29(32)19-25)28-17-22(5)27(16-23(28)6)24-8-11-30(31(18-24)34-7)35-15-13-21(3)4/h8-13,16-19,33H,14-15H2,1-7H3. The number of nitrogens with one attached hydrogen (secondary N) is 1. The number of benzene rings is 3. The Morgan fingerprint density at radius 1 is 0.800 bits per heavy atom. The molecule has 0 saturated carbocycles. The average Bonchev–Trinajstić information content (AvgIpc) is 2.80. The fraction of sp³-hybridized carbons (Fsp3) is 0.290. The van der Waals surface area contributed by atoms with Gasteiger partial charge in [0.05, 0.1) is 7.11 Å². The second kappa shape index (κ2) is 11.7. The van der Waals surface area contributed by atoms with Gasteiger partial charge in [0.1, 0.15) is 12.4 Å². The van der Waals surface area contributed by atoms with Gasteiger partial charge < -0.3 is 14.8 Å². The van der Waals surface area contributed by atoms with Gasteiger partial charge in [0.15, 0.2) is 11.5 Å². The molecule has 0 spiro atoms. The molecule has 3 aromatic carbocycles. The summed E-state index contributed by atoms with van der Waals surface area (Å²) in [4.78, 5) is 0. The number of aryl methyl sites for hydroxylation is 2. The monoisotopic (exact) mass is 473 g/mol. The maximum Gasteiger partial charge on any atom is 0.161 e. The Kier molecular flexibility index (Phi) is 8.75. The van der Waals surface area contributed by atoms with Crippen LogP contribution in [0, 0.1) is 19.7 Å². The summed E-state index contributed by atoms with van der Waals surface area (Å²) in [6, 6.07) is 15.5. The molecule has 4 heteroatoms. The zero-order chi connectivity index (χ0) is 25.5. The number of methoxy groups -OCH3 is 1. The molecule has 0 unspecified atom stereocenters. The number of anilines is 1. The minimum Gasteiger partial charge on any atom is -0.493 e. The second-order valence-corrected chi connectivity index (χ2v) is 9.30. The molecule has 0 heterocycles. The quantitative estimate of drug-likeness (QED) is 0.316. The lowest BCUT2D eigenvalue weighted by molar-refractivity contribution is 0.326. The van der Waals surface area contributed by atoms with E-state index in [4.69, 9.17) is 9.47 Å². The highest BCUT2D eigenvalue weighted by Crippen LogP contribution is 2.37. The number of rotatable bonds is 9. The van der Waals surface area contributed by atoms with Crippen LogP contribution in [0.1, 0.15) is 38.8 Å². The van der Waals surface area contributed by atoms with E-state index in [1.807, 2.05) is 71.0 Å². The summed E-state index contributed by atoms with van der Waals surface area (Å²) < 4.78 is 26.5. The minimum absolute atomic E-state index is 0.234. The fourth-order valence-corrected chi connectivity index (χ4v) is 3.89. The maximum atomic E-state index is 15.1. The van der Waals surface area contributed by atoms with Crippen molar-refractivity contribution in [3.05, 3.63) is 88.8 Å². The molecule has 0 aliphatic heterocycles. The Labute approximate surface area is 209 Å². The molecule has 0 atom stereocenters. The predicted octanol–water partition coefficient (Wildman–Crippen LogP) is 8.51. The molecule has 0 aliphatic carbocycles. The van der Waals surface area contributed by atoms with Crippen LogP contribution in [0.2, 0.25) is 0 Å². The van der Waals surface area contributed by atoms with Crippen LogP contribution in [0.15, 0.2) is 71.8 Å². The number of halogens is 1. The molecule has 0 bridgehead atoms. The lowest BCUT2D eigenvalue weighted by Gasteiger charge is -2.16. The summed E-state index contributed by atoms with van der Waals surface area (Å²) in [5.41, 5.74) is 8.90. The Hall–Kier alpha value is -3.53. The fourth-order valence-electron chi connectivity index (χ4n) is 3.89. The van der Waals surface area contributed by atoms with E-state index in [9.17, 15) is 0 Å². The third-order valence-electron chi connectivity index (χ3n) is 5.85. The van der Waals surface area contributed by atoms with Gasteiger partial charge in [-0.2, -0.15) is 0 Å². The molecule has 3 aromatic rings. The van der Waals surface area contributed by atoms with E-state index in [2.05, 4.69) is 30.4 Å². The first-order valence-electron chi connectivity index (χ1n) is 11.9. The van der Waals surface area contributed by atoms with Crippen molar-refractivity contribution in [3.63, 3.8) is 0 Å². The van der Waals surface area contributed by atoms with Crippen LogP contribution in [0.4, 0.5) is 10.1 Å². The smallest absolute Gasteiger partial charge is 0.161 e. The Bertz CT molecular complexity index is 1250. The van der Waals surface area contributed by atoms with E-state index in [0.717, 1.165) is 33.5 Å². The van der Waals surface area contributed by atoms with Crippen LogP contribution in [0.25, 0.3) is 22.3 Å². The van der Waals surface area contributed by atoms with Crippen molar-refractivity contribution in [2.45, 2.75) is 41.5 Å². The van der Waals surface area contributed by atoms with E-state index < -0.39 is 0 Å². The number of hydrogen-bond acceptors (Lipinski definition) is 3. The number of allylic oxidation sites excluding steroid dienone is 2. The van der Waals surface area contributed by atoms with Gasteiger partial charge in [-0.25, -0.2) is 4.39 Å². The lowest BCUT2D eigenvalue weighted by Crippen LogP contribution is -2.00. The Morgan fingerprint density at radius 3 is 2.14 bits per heavy atom. The lowest BCUT2D eigenvalue weighted by atomic mass is 9.91. The molecule has 35 heavy (non-hydrogen) atoms. The zero-order valence-electron chi connectivity index (χ0n) is 21.9. The van der Waals surface area contributed by atoms with Crippen molar-refractivity contribution in [2.75, 3.05) is 25.6 Å². The van der Waals surface area contributed by atoms with Gasteiger partial charge in [0, 0.05) is 17.8 Å². The van der Waals surface area contributed by atoms with Gasteiger partial charge >= 0.3 is 0 Å². The van der Waals surface area contributed by atoms with Crippen molar-refractivity contribution in [2.24, 2.45) is 0 Å². The molecule has 0 saturated heterocycles. The highest BCUT2D eigenvalue weighted by atomic mass is 19.1. The van der Waals surface area contributed by atoms with E-state index in [0.29, 0.717) is 30.2 Å². The van der Waals surface area contributed by atoms with Crippen LogP contribution in [-0.4, -0.2) is 20.3 Å². The third kappa shape index (κ3) is 6.75. The molecule has 3 rings (SSSR count). The molecular formula is C31H36FNO2. The average molecular weight is 474 g/mol. The molecule has 184 valence electrons. The number of ether oxygens (including phenoxy) is 2. The first-order chi connectivity index (χ1) is 16.7. The molecule has 0 amide bonds. The zero-order valence-corrected chi connectivity index (χ0v) is 21.9. The summed E-state index contributed by atoms with van der Waals surface area (Å²) >= 11 is 0. The summed E-state index contributed by atoms with van der Waals surface area (Å²) in [5, 5.41) is 3.24. The van der Waals surface area contributed by atoms with Crippen LogP contribution < -0.4 is 14.8 Å². The second-order valence-electron chi connectivity index (χ2n) is 9.30. The van der Waals surface area contributed by atoms with Gasteiger partial charge in [-0.05, 0) is 106 Å². The number of hydrogen-bond donors (Lipinski definition) is 1. The summed E-state index contributed by atoms with van der Waals surface area (Å²) in [6.45, 7) is 13.4. The normalized spacial score (nSPS) is 10.5. The highest BCUT2D eigenvalue weighted by molar-refractivity contribution is 5.78. The van der Waals surface area contributed by atoms with Crippen LogP contribution >= 0.6 is 0 Å². The van der Waals surface area contributed by atoms with Gasteiger partial charge in [-0.3, -0.25) is 0 Å². The Morgan fingerprint density at radius 2 is 1.49 bits per heavy atom. The summed E-state index contributed by atoms with van der Waals surface area (Å²) in [5.74, 6) is 1.16. The summed E-state index contributed by atoms with van der Waals surface area (Å²) in [7, 11) is 1.65. The van der Waals surface area contributed by atoms with E-state index >= 15 is 4.39 Å². The first-order valence-corrected chi connectivity index (χ1v) is 11.9. The van der Waals surface area contributed by atoms with E-state index in [1.165, 1.54) is 11.1 Å². The van der Waals surface area contributed by atoms with Crippen LogP contribution in [0.3, 0.4) is 0 Å². The molecule has 0 fully saturated rings. The molecule has 0 aliphatic rings. The highest BCUT2D eigenvalue weighted by Gasteiger charge is 2.14. The van der Waals surface area contributed by atoms with Gasteiger partial charge in [-0.15, -0.1) is 0 Å². The van der Waals surface area contributed by atoms with Gasteiger partial charge in [0.2, 0.25) is 0 Å². The van der Waals surface area contributed by atoms with Crippen molar-refractivity contribution >= 4 is 5.69 Å². The molecule has 0 radical (unpaired) electrons. The van der Waals surface area contributed by atoms with E-state index in [1.54, 1.807) is 13.2 Å². The predicted molar refractivity (Wildman–Crippen MR) is 146 cm³/mol. The van der Waals surface area contributed by atoms with Crippen molar-refractivity contribution in [1.82, 2.24) is 0 Å². The van der Waals surface area contributed by atoms with Crippen molar-refractivity contribution < 1.29 is 13.9 Å². The molecule has 0 aromatic heterocycles. The Balaban J connectivity index is 1.89. The SMILES string of the molecule is COc1cc(-c2cc(C)c(-c3ccc(NCC=C(C)C)cc3F)cc2C)ccc1OCC=C(C)C.